The van der Waals surface area contributed by atoms with Gasteiger partial charge >= 0.3 is 6.09 Å². The van der Waals surface area contributed by atoms with Crippen LogP contribution in [0, 0.1) is 0 Å². The van der Waals surface area contributed by atoms with Crippen molar-refractivity contribution in [1.82, 2.24) is 14.8 Å². The van der Waals surface area contributed by atoms with Crippen LogP contribution in [0.4, 0.5) is 4.79 Å². The Labute approximate surface area is 113 Å². The van der Waals surface area contributed by atoms with E-state index in [2.05, 4.69) is 16.9 Å². The first-order valence-electron chi connectivity index (χ1n) is 6.75. The SMILES string of the molecule is CN(CCc1ccccn1)C1CCN(C(=O)O)CC1. The summed E-state index contributed by atoms with van der Waals surface area (Å²) in [5.41, 5.74) is 1.11. The van der Waals surface area contributed by atoms with Gasteiger partial charge in [0.1, 0.15) is 0 Å². The molecule has 0 spiro atoms. The van der Waals surface area contributed by atoms with Gasteiger partial charge in [0.05, 0.1) is 0 Å². The fourth-order valence-corrected chi connectivity index (χ4v) is 2.52. The van der Waals surface area contributed by atoms with Crippen molar-refractivity contribution in [2.75, 3.05) is 26.7 Å². The lowest BCUT2D eigenvalue weighted by Crippen LogP contribution is -2.45. The number of nitrogens with zero attached hydrogens (tertiary/aromatic N) is 3. The third-order valence-corrected chi connectivity index (χ3v) is 3.81. The van der Waals surface area contributed by atoms with E-state index < -0.39 is 6.09 Å². The van der Waals surface area contributed by atoms with Crippen LogP contribution in [0.15, 0.2) is 24.4 Å². The van der Waals surface area contributed by atoms with Gasteiger partial charge in [-0.3, -0.25) is 4.98 Å². The van der Waals surface area contributed by atoms with Crippen LogP contribution >= 0.6 is 0 Å². The van der Waals surface area contributed by atoms with Crippen molar-refractivity contribution in [3.63, 3.8) is 0 Å². The number of carbonyl (C=O) groups is 1. The van der Waals surface area contributed by atoms with Gasteiger partial charge in [-0.1, -0.05) is 6.07 Å². The molecule has 5 heteroatoms. The smallest absolute Gasteiger partial charge is 0.407 e. The van der Waals surface area contributed by atoms with Gasteiger partial charge in [-0.15, -0.1) is 0 Å². The van der Waals surface area contributed by atoms with E-state index in [1.54, 1.807) is 0 Å². The number of amides is 1. The number of carboxylic acid groups (broad SMARTS) is 1. The molecule has 2 heterocycles. The Bertz CT molecular complexity index is 402. The van der Waals surface area contributed by atoms with Crippen molar-refractivity contribution in [2.45, 2.75) is 25.3 Å². The Morgan fingerprint density at radius 2 is 2.21 bits per heavy atom. The van der Waals surface area contributed by atoms with E-state index >= 15 is 0 Å². The van der Waals surface area contributed by atoms with Gasteiger partial charge in [-0.2, -0.15) is 0 Å². The molecule has 1 aromatic heterocycles. The van der Waals surface area contributed by atoms with Crippen molar-refractivity contribution in [1.29, 1.82) is 0 Å². The first kappa shape index (κ1) is 13.8. The zero-order valence-corrected chi connectivity index (χ0v) is 11.3. The summed E-state index contributed by atoms with van der Waals surface area (Å²) in [7, 11) is 2.12. The molecular weight excluding hydrogens is 242 g/mol. The molecule has 0 aromatic carbocycles. The molecule has 1 aliphatic heterocycles. The van der Waals surface area contributed by atoms with E-state index in [1.165, 1.54) is 4.90 Å². The average Bonchev–Trinajstić information content (AvgIpc) is 2.46. The van der Waals surface area contributed by atoms with Crippen LogP contribution in [-0.4, -0.2) is 58.7 Å². The molecule has 1 N–H and O–H groups in total. The van der Waals surface area contributed by atoms with Crippen LogP contribution < -0.4 is 0 Å². The second kappa shape index (κ2) is 6.52. The van der Waals surface area contributed by atoms with E-state index in [4.69, 9.17) is 5.11 Å². The lowest BCUT2D eigenvalue weighted by Gasteiger charge is -2.35. The van der Waals surface area contributed by atoms with E-state index in [0.29, 0.717) is 19.1 Å². The number of aromatic nitrogens is 1. The number of piperidine rings is 1. The van der Waals surface area contributed by atoms with Gasteiger partial charge < -0.3 is 14.9 Å². The second-order valence-electron chi connectivity index (χ2n) is 5.05. The van der Waals surface area contributed by atoms with E-state index in [1.807, 2.05) is 24.4 Å². The molecule has 19 heavy (non-hydrogen) atoms. The number of pyridine rings is 1. The Hall–Kier alpha value is -1.62. The van der Waals surface area contributed by atoms with Crippen molar-refractivity contribution < 1.29 is 9.90 Å². The van der Waals surface area contributed by atoms with Crippen molar-refractivity contribution in [3.05, 3.63) is 30.1 Å². The highest BCUT2D eigenvalue weighted by Gasteiger charge is 2.24. The molecule has 5 nitrogen and oxygen atoms in total. The summed E-state index contributed by atoms with van der Waals surface area (Å²) in [5, 5.41) is 8.92. The molecule has 2 rings (SSSR count). The highest BCUT2D eigenvalue weighted by atomic mass is 16.4. The summed E-state index contributed by atoms with van der Waals surface area (Å²) in [6.45, 7) is 2.26. The molecule has 1 aliphatic rings. The molecule has 1 fully saturated rings. The number of rotatable bonds is 4. The van der Waals surface area contributed by atoms with Gasteiger partial charge in [0.25, 0.3) is 0 Å². The minimum Gasteiger partial charge on any atom is -0.465 e. The first-order chi connectivity index (χ1) is 9.16. The van der Waals surface area contributed by atoms with E-state index in [-0.39, 0.29) is 0 Å². The fraction of sp³-hybridized carbons (Fsp3) is 0.571. The van der Waals surface area contributed by atoms with E-state index in [9.17, 15) is 4.79 Å². The highest BCUT2D eigenvalue weighted by Crippen LogP contribution is 2.15. The molecule has 1 aromatic rings. The normalized spacial score (nSPS) is 16.8. The Balaban J connectivity index is 1.75. The minimum absolute atomic E-state index is 0.485. The summed E-state index contributed by atoms with van der Waals surface area (Å²) in [5.74, 6) is 0. The maximum Gasteiger partial charge on any atom is 0.407 e. The zero-order chi connectivity index (χ0) is 13.7. The summed E-state index contributed by atoms with van der Waals surface area (Å²) in [6, 6.07) is 6.46. The molecule has 1 amide bonds. The van der Waals surface area contributed by atoms with Crippen LogP contribution in [0.1, 0.15) is 18.5 Å². The van der Waals surface area contributed by atoms with Gasteiger partial charge in [-0.05, 0) is 32.0 Å². The maximum absolute atomic E-state index is 10.8. The summed E-state index contributed by atoms with van der Waals surface area (Å²) in [6.07, 6.45) is 3.81. The summed E-state index contributed by atoms with van der Waals surface area (Å²) < 4.78 is 0. The average molecular weight is 263 g/mol. The van der Waals surface area contributed by atoms with Gasteiger partial charge in [0.2, 0.25) is 0 Å². The second-order valence-corrected chi connectivity index (χ2v) is 5.05. The molecule has 104 valence electrons. The van der Waals surface area contributed by atoms with Crippen molar-refractivity contribution in [2.24, 2.45) is 0 Å². The largest absolute Gasteiger partial charge is 0.465 e. The predicted octanol–water partition coefficient (Wildman–Crippen LogP) is 1.70. The zero-order valence-electron chi connectivity index (χ0n) is 11.3. The van der Waals surface area contributed by atoms with Crippen molar-refractivity contribution >= 4 is 6.09 Å². The number of hydrogen-bond donors (Lipinski definition) is 1. The van der Waals surface area contributed by atoms with Crippen LogP contribution in [-0.2, 0) is 6.42 Å². The highest BCUT2D eigenvalue weighted by molar-refractivity contribution is 5.65. The van der Waals surface area contributed by atoms with Crippen LogP contribution in [0.2, 0.25) is 0 Å². The lowest BCUT2D eigenvalue weighted by molar-refractivity contribution is 0.106. The third kappa shape index (κ3) is 3.92. The molecule has 1 saturated heterocycles. The first-order valence-corrected chi connectivity index (χ1v) is 6.75. The minimum atomic E-state index is -0.797. The topological polar surface area (TPSA) is 56.7 Å². The summed E-state index contributed by atoms with van der Waals surface area (Å²) in [4.78, 5) is 19.0. The van der Waals surface area contributed by atoms with Crippen LogP contribution in [0.25, 0.3) is 0 Å². The molecule has 0 unspecified atom stereocenters. The predicted molar refractivity (Wildman–Crippen MR) is 73.2 cm³/mol. The summed E-state index contributed by atoms with van der Waals surface area (Å²) >= 11 is 0. The van der Waals surface area contributed by atoms with Crippen LogP contribution in [0.3, 0.4) is 0 Å². The standard InChI is InChI=1S/C14H21N3O2/c1-16(9-5-12-4-2-3-8-15-12)13-6-10-17(11-7-13)14(18)19/h2-4,8,13H,5-7,9-11H2,1H3,(H,18,19). The monoisotopic (exact) mass is 263 g/mol. The molecular formula is C14H21N3O2. The number of likely N-dealkylation sites (N-methyl/N-ethyl adjacent to an activating group) is 1. The van der Waals surface area contributed by atoms with Crippen molar-refractivity contribution in [3.8, 4) is 0 Å². The van der Waals surface area contributed by atoms with Crippen LogP contribution in [0.5, 0.6) is 0 Å². The third-order valence-electron chi connectivity index (χ3n) is 3.81. The van der Waals surface area contributed by atoms with Gasteiger partial charge in [0, 0.05) is 44.0 Å². The lowest BCUT2D eigenvalue weighted by atomic mass is 10.0. The van der Waals surface area contributed by atoms with E-state index in [0.717, 1.165) is 31.5 Å². The van der Waals surface area contributed by atoms with Gasteiger partial charge in [-0.25, -0.2) is 4.79 Å². The molecule has 0 bridgehead atoms. The molecule has 0 radical (unpaired) electrons. The Kier molecular flexibility index (Phi) is 4.74. The molecule has 0 saturated carbocycles. The quantitative estimate of drug-likeness (QED) is 0.898. The Morgan fingerprint density at radius 3 is 2.79 bits per heavy atom. The van der Waals surface area contributed by atoms with Gasteiger partial charge in [0.15, 0.2) is 0 Å². The number of hydrogen-bond acceptors (Lipinski definition) is 3. The number of likely N-dealkylation sites (tertiary alicyclic amines) is 1. The molecule has 0 aliphatic carbocycles. The molecule has 0 atom stereocenters. The maximum atomic E-state index is 10.8. The Morgan fingerprint density at radius 1 is 1.47 bits per heavy atom. The fourth-order valence-electron chi connectivity index (χ4n) is 2.52.